The van der Waals surface area contributed by atoms with Crippen molar-refractivity contribution >= 4 is 5.91 Å². The van der Waals surface area contributed by atoms with Crippen LogP contribution in [-0.4, -0.2) is 35.7 Å². The van der Waals surface area contributed by atoms with E-state index >= 15 is 0 Å². The van der Waals surface area contributed by atoms with Crippen molar-refractivity contribution in [3.05, 3.63) is 0 Å². The molecular weight excluding hydrogens is 204 g/mol. The van der Waals surface area contributed by atoms with E-state index in [1.54, 1.807) is 0 Å². The molecule has 2 atom stereocenters. The highest BCUT2D eigenvalue weighted by Gasteiger charge is 2.28. The molecule has 4 heteroatoms. The summed E-state index contributed by atoms with van der Waals surface area (Å²) in [5.74, 6) is 0.0810. The number of hydrogen-bond acceptors (Lipinski definition) is 3. The molecule has 2 unspecified atom stereocenters. The molecule has 0 aromatic rings. The van der Waals surface area contributed by atoms with E-state index in [0.29, 0.717) is 6.42 Å². The van der Waals surface area contributed by atoms with E-state index in [1.165, 1.54) is 0 Å². The summed E-state index contributed by atoms with van der Waals surface area (Å²) in [5, 5.41) is 15.3. The number of carbonyl (C=O) groups is 1. The lowest BCUT2D eigenvalue weighted by molar-refractivity contribution is -0.125. The second kappa shape index (κ2) is 6.21. The van der Waals surface area contributed by atoms with E-state index in [4.69, 9.17) is 5.11 Å². The second-order valence-electron chi connectivity index (χ2n) is 4.88. The zero-order valence-electron chi connectivity index (χ0n) is 10.4. The molecule has 1 aliphatic rings. The second-order valence-corrected chi connectivity index (χ2v) is 4.88. The van der Waals surface area contributed by atoms with Gasteiger partial charge in [0.2, 0.25) is 5.91 Å². The Kier molecular flexibility index (Phi) is 5.22. The molecule has 1 amide bonds. The van der Waals surface area contributed by atoms with Crippen molar-refractivity contribution in [3.63, 3.8) is 0 Å². The van der Waals surface area contributed by atoms with Gasteiger partial charge in [-0.3, -0.25) is 4.79 Å². The number of rotatable bonds is 5. The Morgan fingerprint density at radius 1 is 1.56 bits per heavy atom. The molecule has 94 valence electrons. The molecule has 1 fully saturated rings. The van der Waals surface area contributed by atoms with Crippen LogP contribution in [0, 0.1) is 0 Å². The SMILES string of the molecule is CCC(C)(CCO)NC(=O)C1CCCCN1. The summed E-state index contributed by atoms with van der Waals surface area (Å²) in [6, 6.07) is -0.0432. The fraction of sp³-hybridized carbons (Fsp3) is 0.917. The molecule has 1 rings (SSSR count). The van der Waals surface area contributed by atoms with Crippen molar-refractivity contribution < 1.29 is 9.90 Å². The quantitative estimate of drug-likeness (QED) is 0.652. The van der Waals surface area contributed by atoms with E-state index in [1.807, 2.05) is 13.8 Å². The maximum Gasteiger partial charge on any atom is 0.237 e. The zero-order chi connectivity index (χ0) is 12.0. The van der Waals surface area contributed by atoms with Crippen LogP contribution in [0.2, 0.25) is 0 Å². The van der Waals surface area contributed by atoms with Crippen molar-refractivity contribution in [2.75, 3.05) is 13.2 Å². The van der Waals surface area contributed by atoms with Crippen LogP contribution in [0.15, 0.2) is 0 Å². The lowest BCUT2D eigenvalue weighted by atomic mass is 9.93. The molecule has 0 aromatic heterocycles. The number of hydrogen-bond donors (Lipinski definition) is 3. The molecule has 1 aliphatic heterocycles. The van der Waals surface area contributed by atoms with Gasteiger partial charge in [-0.15, -0.1) is 0 Å². The first-order valence-electron chi connectivity index (χ1n) is 6.27. The van der Waals surface area contributed by atoms with Gasteiger partial charge in [0.05, 0.1) is 6.04 Å². The van der Waals surface area contributed by atoms with E-state index in [0.717, 1.165) is 32.2 Å². The minimum absolute atomic E-state index is 0.0432. The largest absolute Gasteiger partial charge is 0.396 e. The van der Waals surface area contributed by atoms with Crippen LogP contribution in [0.5, 0.6) is 0 Å². The number of amides is 1. The number of aliphatic hydroxyl groups excluding tert-OH is 1. The molecule has 1 heterocycles. The summed E-state index contributed by atoms with van der Waals surface area (Å²) >= 11 is 0. The van der Waals surface area contributed by atoms with Gasteiger partial charge in [0, 0.05) is 12.1 Å². The van der Waals surface area contributed by atoms with Gasteiger partial charge in [0.25, 0.3) is 0 Å². The fourth-order valence-corrected chi connectivity index (χ4v) is 2.03. The summed E-state index contributed by atoms with van der Waals surface area (Å²) in [6.45, 7) is 5.07. The first-order valence-corrected chi connectivity index (χ1v) is 6.27. The molecule has 0 spiro atoms. The van der Waals surface area contributed by atoms with Gasteiger partial charge < -0.3 is 15.7 Å². The summed E-state index contributed by atoms with van der Waals surface area (Å²) in [5.41, 5.74) is -0.273. The molecule has 0 radical (unpaired) electrons. The smallest absolute Gasteiger partial charge is 0.237 e. The topological polar surface area (TPSA) is 61.4 Å². The molecular formula is C12H24N2O2. The van der Waals surface area contributed by atoms with E-state index < -0.39 is 0 Å². The summed E-state index contributed by atoms with van der Waals surface area (Å²) in [4.78, 5) is 12.0. The minimum atomic E-state index is -0.273. The molecule has 0 saturated carbocycles. The lowest BCUT2D eigenvalue weighted by Gasteiger charge is -2.32. The van der Waals surface area contributed by atoms with Crippen molar-refractivity contribution in [1.29, 1.82) is 0 Å². The van der Waals surface area contributed by atoms with Gasteiger partial charge in [-0.25, -0.2) is 0 Å². The normalized spacial score (nSPS) is 24.8. The van der Waals surface area contributed by atoms with Crippen LogP contribution in [0.3, 0.4) is 0 Å². The first kappa shape index (κ1) is 13.5. The summed E-state index contributed by atoms with van der Waals surface area (Å²) < 4.78 is 0. The Balaban J connectivity index is 2.47. The minimum Gasteiger partial charge on any atom is -0.396 e. The summed E-state index contributed by atoms with van der Waals surface area (Å²) in [6.07, 6.45) is 4.65. The number of nitrogens with one attached hydrogen (secondary N) is 2. The van der Waals surface area contributed by atoms with Gasteiger partial charge in [-0.1, -0.05) is 13.3 Å². The monoisotopic (exact) mass is 228 g/mol. The number of piperidine rings is 1. The Labute approximate surface area is 97.8 Å². The third kappa shape index (κ3) is 3.76. The van der Waals surface area contributed by atoms with Crippen molar-refractivity contribution in [1.82, 2.24) is 10.6 Å². The zero-order valence-corrected chi connectivity index (χ0v) is 10.4. The predicted molar refractivity (Wildman–Crippen MR) is 64.2 cm³/mol. The van der Waals surface area contributed by atoms with Crippen molar-refractivity contribution in [3.8, 4) is 0 Å². The Morgan fingerprint density at radius 3 is 2.81 bits per heavy atom. The van der Waals surface area contributed by atoms with E-state index in [9.17, 15) is 4.79 Å². The lowest BCUT2D eigenvalue weighted by Crippen LogP contribution is -2.54. The van der Waals surface area contributed by atoms with Gasteiger partial charge in [-0.2, -0.15) is 0 Å². The van der Waals surface area contributed by atoms with Crippen LogP contribution in [0.1, 0.15) is 46.0 Å². The Hall–Kier alpha value is -0.610. The molecule has 0 aliphatic carbocycles. The van der Waals surface area contributed by atoms with Crippen molar-refractivity contribution in [2.24, 2.45) is 0 Å². The van der Waals surface area contributed by atoms with Crippen LogP contribution in [-0.2, 0) is 4.79 Å². The molecule has 3 N–H and O–H groups in total. The molecule has 16 heavy (non-hydrogen) atoms. The third-order valence-electron chi connectivity index (χ3n) is 3.50. The maximum atomic E-state index is 12.0. The molecule has 0 bridgehead atoms. The molecule has 4 nitrogen and oxygen atoms in total. The van der Waals surface area contributed by atoms with Gasteiger partial charge >= 0.3 is 0 Å². The van der Waals surface area contributed by atoms with E-state index in [-0.39, 0.29) is 24.1 Å². The number of carbonyl (C=O) groups excluding carboxylic acids is 1. The van der Waals surface area contributed by atoms with Crippen LogP contribution in [0.25, 0.3) is 0 Å². The Morgan fingerprint density at radius 2 is 2.31 bits per heavy atom. The van der Waals surface area contributed by atoms with Gasteiger partial charge in [0.15, 0.2) is 0 Å². The Bertz CT molecular complexity index is 227. The fourth-order valence-electron chi connectivity index (χ4n) is 2.03. The van der Waals surface area contributed by atoms with Gasteiger partial charge in [0.1, 0.15) is 0 Å². The average Bonchev–Trinajstić information content (AvgIpc) is 2.30. The van der Waals surface area contributed by atoms with Crippen LogP contribution in [0.4, 0.5) is 0 Å². The summed E-state index contributed by atoms with van der Waals surface area (Å²) in [7, 11) is 0. The average molecular weight is 228 g/mol. The van der Waals surface area contributed by atoms with Gasteiger partial charge in [-0.05, 0) is 39.2 Å². The standard InChI is InChI=1S/C12H24N2O2/c1-3-12(2,7-9-15)14-11(16)10-6-4-5-8-13-10/h10,13,15H,3-9H2,1-2H3,(H,14,16). The molecule has 1 saturated heterocycles. The maximum absolute atomic E-state index is 12.0. The number of aliphatic hydroxyl groups is 1. The van der Waals surface area contributed by atoms with Crippen LogP contribution < -0.4 is 10.6 Å². The highest BCUT2D eigenvalue weighted by atomic mass is 16.3. The van der Waals surface area contributed by atoms with Crippen LogP contribution >= 0.6 is 0 Å². The van der Waals surface area contributed by atoms with Crippen molar-refractivity contribution in [2.45, 2.75) is 57.5 Å². The first-order chi connectivity index (χ1) is 7.61. The predicted octanol–water partition coefficient (Wildman–Crippen LogP) is 0.796. The third-order valence-corrected chi connectivity index (χ3v) is 3.50. The highest BCUT2D eigenvalue weighted by Crippen LogP contribution is 2.15. The molecule has 0 aromatic carbocycles. The highest BCUT2D eigenvalue weighted by molar-refractivity contribution is 5.82. The van der Waals surface area contributed by atoms with E-state index in [2.05, 4.69) is 10.6 Å².